The van der Waals surface area contributed by atoms with Crippen LogP contribution >= 0.6 is 0 Å². The number of carbonyl (C=O) groups excluding carboxylic acids is 1. The number of hydrogen-bond donors (Lipinski definition) is 1. The maximum Gasteiger partial charge on any atom is 0.353 e. The van der Waals surface area contributed by atoms with Crippen LogP contribution in [0.1, 0.15) is 40.7 Å². The van der Waals surface area contributed by atoms with Gasteiger partial charge in [0, 0.05) is 25.9 Å². The molecule has 2 N–H and O–H groups in total. The van der Waals surface area contributed by atoms with Crippen molar-refractivity contribution in [3.8, 4) is 5.75 Å². The van der Waals surface area contributed by atoms with Crippen LogP contribution in [0.3, 0.4) is 0 Å². The Morgan fingerprint density at radius 2 is 1.96 bits per heavy atom. The smallest absolute Gasteiger partial charge is 0.353 e. The molecule has 146 valence electrons. The zero-order valence-electron chi connectivity index (χ0n) is 15.8. The number of rotatable bonds is 2. The van der Waals surface area contributed by atoms with E-state index >= 15 is 0 Å². The second kappa shape index (κ2) is 6.43. The molecule has 0 saturated carbocycles. The molecule has 0 aliphatic carbocycles. The Morgan fingerprint density at radius 1 is 1.25 bits per heavy atom. The Morgan fingerprint density at radius 3 is 2.64 bits per heavy atom. The summed E-state index contributed by atoms with van der Waals surface area (Å²) >= 11 is 0. The van der Waals surface area contributed by atoms with Crippen molar-refractivity contribution < 1.29 is 14.5 Å². The van der Waals surface area contributed by atoms with Gasteiger partial charge in [-0.15, -0.1) is 0 Å². The van der Waals surface area contributed by atoms with Crippen molar-refractivity contribution in [1.82, 2.24) is 9.97 Å². The molecule has 1 fully saturated rings. The zero-order chi connectivity index (χ0) is 20.1. The Kier molecular flexibility index (Phi) is 4.17. The van der Waals surface area contributed by atoms with Crippen LogP contribution in [-0.4, -0.2) is 39.4 Å². The van der Waals surface area contributed by atoms with E-state index in [1.54, 1.807) is 0 Å². The molecule has 1 aromatic heterocycles. The summed E-state index contributed by atoms with van der Waals surface area (Å²) in [5.41, 5.74) is 7.45. The number of nitrogens with two attached hydrogens (primary N) is 1. The number of benzene rings is 1. The maximum absolute atomic E-state index is 12.8. The SMILES string of the molecule is Cc1cc(C)c2c(c1)OC1(CCN(c3ncnc(N)c3[N+](=O)[O-])CC1)CC2=O. The molecule has 1 saturated heterocycles. The number of piperidine rings is 1. The third kappa shape index (κ3) is 2.92. The molecular formula is C19H21N5O4. The van der Waals surface area contributed by atoms with Crippen molar-refractivity contribution in [3.05, 3.63) is 45.3 Å². The minimum Gasteiger partial charge on any atom is -0.486 e. The van der Waals surface area contributed by atoms with Crippen molar-refractivity contribution in [2.24, 2.45) is 0 Å². The van der Waals surface area contributed by atoms with Crippen molar-refractivity contribution >= 4 is 23.1 Å². The number of Topliss-reactive ketones (excluding diaryl/α,β-unsaturated/α-hetero) is 1. The van der Waals surface area contributed by atoms with Crippen LogP contribution in [0.2, 0.25) is 0 Å². The summed E-state index contributed by atoms with van der Waals surface area (Å²) in [4.78, 5) is 33.2. The molecular weight excluding hydrogens is 362 g/mol. The topological polar surface area (TPSA) is 124 Å². The highest BCUT2D eigenvalue weighted by molar-refractivity contribution is 6.01. The largest absolute Gasteiger partial charge is 0.486 e. The van der Waals surface area contributed by atoms with Gasteiger partial charge in [0.15, 0.2) is 5.78 Å². The van der Waals surface area contributed by atoms with Gasteiger partial charge in [0.1, 0.15) is 17.7 Å². The first-order valence-electron chi connectivity index (χ1n) is 9.13. The molecule has 3 heterocycles. The lowest BCUT2D eigenvalue weighted by Gasteiger charge is -2.44. The summed E-state index contributed by atoms with van der Waals surface area (Å²) in [5, 5.41) is 11.4. The van der Waals surface area contributed by atoms with Gasteiger partial charge < -0.3 is 15.4 Å². The van der Waals surface area contributed by atoms with Gasteiger partial charge in [-0.05, 0) is 31.0 Å². The molecule has 9 heteroatoms. The van der Waals surface area contributed by atoms with E-state index in [9.17, 15) is 14.9 Å². The maximum atomic E-state index is 12.8. The summed E-state index contributed by atoms with van der Waals surface area (Å²) in [7, 11) is 0. The summed E-state index contributed by atoms with van der Waals surface area (Å²) < 4.78 is 6.34. The lowest BCUT2D eigenvalue weighted by molar-refractivity contribution is -0.383. The van der Waals surface area contributed by atoms with Gasteiger partial charge in [0.25, 0.3) is 0 Å². The van der Waals surface area contributed by atoms with Crippen molar-refractivity contribution in [3.63, 3.8) is 0 Å². The monoisotopic (exact) mass is 383 g/mol. The summed E-state index contributed by atoms with van der Waals surface area (Å²) in [6.45, 7) is 4.85. The van der Waals surface area contributed by atoms with E-state index in [1.807, 2.05) is 30.9 Å². The molecule has 0 amide bonds. The number of nitrogen functional groups attached to an aromatic ring is 1. The lowest BCUT2D eigenvalue weighted by Crippen LogP contribution is -2.51. The Hall–Kier alpha value is -3.23. The highest BCUT2D eigenvalue weighted by atomic mass is 16.6. The van der Waals surface area contributed by atoms with Gasteiger partial charge in [-0.3, -0.25) is 14.9 Å². The van der Waals surface area contributed by atoms with Gasteiger partial charge in [-0.2, -0.15) is 0 Å². The van der Waals surface area contributed by atoms with Crippen molar-refractivity contribution in [1.29, 1.82) is 0 Å². The highest BCUT2D eigenvalue weighted by Crippen LogP contribution is 2.42. The molecule has 0 unspecified atom stereocenters. The number of nitro groups is 1. The molecule has 2 aromatic rings. The average molecular weight is 383 g/mol. The second-order valence-corrected chi connectivity index (χ2v) is 7.52. The van der Waals surface area contributed by atoms with E-state index < -0.39 is 10.5 Å². The summed E-state index contributed by atoms with van der Waals surface area (Å²) in [5.74, 6) is 0.782. The van der Waals surface area contributed by atoms with Gasteiger partial charge in [-0.1, -0.05) is 6.07 Å². The first kappa shape index (κ1) is 18.1. The number of anilines is 2. The number of carbonyl (C=O) groups is 1. The number of aryl methyl sites for hydroxylation is 2. The first-order valence-corrected chi connectivity index (χ1v) is 9.13. The molecule has 2 aliphatic rings. The van der Waals surface area contributed by atoms with Crippen LogP contribution in [0.15, 0.2) is 18.5 Å². The van der Waals surface area contributed by atoms with Crippen LogP contribution in [-0.2, 0) is 0 Å². The normalized spacial score (nSPS) is 17.9. The molecule has 4 rings (SSSR count). The van der Waals surface area contributed by atoms with Crippen LogP contribution in [0.5, 0.6) is 5.75 Å². The number of ketones is 1. The van der Waals surface area contributed by atoms with Crippen LogP contribution < -0.4 is 15.4 Å². The predicted octanol–water partition coefficient (Wildman–Crippen LogP) is 2.59. The zero-order valence-corrected chi connectivity index (χ0v) is 15.8. The Labute approximate surface area is 161 Å². The van der Waals surface area contributed by atoms with Gasteiger partial charge in [0.2, 0.25) is 11.6 Å². The fourth-order valence-corrected chi connectivity index (χ4v) is 4.21. The third-order valence-corrected chi connectivity index (χ3v) is 5.52. The summed E-state index contributed by atoms with van der Waals surface area (Å²) in [6, 6.07) is 3.89. The van der Waals surface area contributed by atoms with E-state index in [0.29, 0.717) is 43.7 Å². The molecule has 28 heavy (non-hydrogen) atoms. The van der Waals surface area contributed by atoms with E-state index in [4.69, 9.17) is 10.5 Å². The molecule has 1 spiro atoms. The van der Waals surface area contributed by atoms with Crippen LogP contribution in [0.25, 0.3) is 0 Å². The minimum absolute atomic E-state index is 0.0875. The average Bonchev–Trinajstić information content (AvgIpc) is 2.60. The fourth-order valence-electron chi connectivity index (χ4n) is 4.21. The Bertz CT molecular complexity index is 983. The third-order valence-electron chi connectivity index (χ3n) is 5.52. The predicted molar refractivity (Wildman–Crippen MR) is 103 cm³/mol. The molecule has 0 radical (unpaired) electrons. The summed E-state index contributed by atoms with van der Waals surface area (Å²) in [6.07, 6.45) is 2.66. The second-order valence-electron chi connectivity index (χ2n) is 7.52. The molecule has 9 nitrogen and oxygen atoms in total. The van der Waals surface area contributed by atoms with Crippen molar-refractivity contribution in [2.45, 2.75) is 38.7 Å². The van der Waals surface area contributed by atoms with Crippen molar-refractivity contribution in [2.75, 3.05) is 23.7 Å². The highest BCUT2D eigenvalue weighted by Gasteiger charge is 2.44. The van der Waals surface area contributed by atoms with E-state index in [0.717, 1.165) is 11.1 Å². The number of fused-ring (bicyclic) bond motifs is 1. The number of hydrogen-bond acceptors (Lipinski definition) is 8. The minimum atomic E-state index is -0.589. The fraction of sp³-hybridized carbons (Fsp3) is 0.421. The quantitative estimate of drug-likeness (QED) is 0.620. The molecule has 0 bridgehead atoms. The lowest BCUT2D eigenvalue weighted by atomic mass is 9.81. The Balaban J connectivity index is 1.59. The number of aromatic nitrogens is 2. The van der Waals surface area contributed by atoms with E-state index in [2.05, 4.69) is 9.97 Å². The standard InChI is InChI=1S/C19H21N5O4/c1-11-7-12(2)15-13(25)9-19(28-14(15)8-11)3-5-23(6-4-19)18-16(24(26)27)17(20)21-10-22-18/h7-8,10H,3-6,9H2,1-2H3,(H2,20,21,22). The van der Waals surface area contributed by atoms with E-state index in [1.165, 1.54) is 6.33 Å². The molecule has 1 aromatic carbocycles. The molecule has 0 atom stereocenters. The number of nitrogens with zero attached hydrogens (tertiary/aromatic N) is 4. The first-order chi connectivity index (χ1) is 13.3. The van der Waals surface area contributed by atoms with Gasteiger partial charge >= 0.3 is 5.69 Å². The van der Waals surface area contributed by atoms with Crippen LogP contribution in [0.4, 0.5) is 17.3 Å². The number of ether oxygens (including phenoxy) is 1. The van der Waals surface area contributed by atoms with Gasteiger partial charge in [-0.25, -0.2) is 9.97 Å². The van der Waals surface area contributed by atoms with Crippen LogP contribution in [0, 0.1) is 24.0 Å². The van der Waals surface area contributed by atoms with Gasteiger partial charge in [0.05, 0.1) is 16.9 Å². The molecule has 2 aliphatic heterocycles. The van der Waals surface area contributed by atoms with E-state index in [-0.39, 0.29) is 23.1 Å².